The third-order valence-electron chi connectivity index (χ3n) is 9.32. The van der Waals surface area contributed by atoms with Crippen LogP contribution in [0.1, 0.15) is 35.8 Å². The number of nitriles is 1. The first kappa shape index (κ1) is 39.9. The van der Waals surface area contributed by atoms with Gasteiger partial charge in [-0.2, -0.15) is 10.5 Å². The highest BCUT2D eigenvalue weighted by molar-refractivity contribution is 7.46. The zero-order chi connectivity index (χ0) is 38.6. The van der Waals surface area contributed by atoms with Crippen LogP contribution in [0.3, 0.4) is 0 Å². The molecule has 2 aromatic heterocycles. The predicted octanol–water partition coefficient (Wildman–Crippen LogP) is 4.02. The number of nitrogens with zero attached hydrogens (tertiary/aromatic N) is 6. The standard InChI is InChI=1S/C34H34N6O5.C4H12N3O2P/c1-41-26-13-9-24(10-14-26)34(23-7-4-3-5-8-23,25-11-15-27(42-2)16-12-25)44-20-29-28(43-18-6-17-35)19-30(45-29)40-22-39-31-32(36)37-21-38-33(31)40;5-10(8)6-7-1-3-9-4-2-7/h3-5,7-16,21-22,28-30H,6,18-20H2,1-2H3,(H2,36,37,38);6,8H,1-5H2/t28-,29+,30+;/m0./s1. The number of nitrogens with two attached hydrogens (primary N) is 2. The first-order valence-corrected chi connectivity index (χ1v) is 19.1. The van der Waals surface area contributed by atoms with E-state index in [1.807, 2.05) is 76.3 Å². The van der Waals surface area contributed by atoms with Gasteiger partial charge in [-0.25, -0.2) is 20.0 Å². The summed E-state index contributed by atoms with van der Waals surface area (Å²) >= 11 is 0. The fraction of sp³-hybridized carbons (Fsp3) is 0.368. The molecule has 0 radical (unpaired) electrons. The molecule has 2 saturated heterocycles. The average Bonchev–Trinajstić information content (AvgIpc) is 3.84. The van der Waals surface area contributed by atoms with Gasteiger partial charge < -0.3 is 39.0 Å². The fourth-order valence-electron chi connectivity index (χ4n) is 6.62. The molecule has 4 atom stereocenters. The second kappa shape index (κ2) is 19.2. The zero-order valence-corrected chi connectivity index (χ0v) is 31.6. The van der Waals surface area contributed by atoms with E-state index in [4.69, 9.17) is 44.6 Å². The highest BCUT2D eigenvalue weighted by Gasteiger charge is 2.43. The summed E-state index contributed by atoms with van der Waals surface area (Å²) in [5, 5.41) is 13.8. The SMILES string of the molecule is COc1ccc(C(OC[C@H]2O[C@@H](n3cnc4c(N)ncnc43)C[C@@H]2OCCC#N)(c2ccccc2)c2ccc(OC)cc2)cc1.NP(O)NN1CCOCC1. The van der Waals surface area contributed by atoms with Crippen molar-refractivity contribution in [1.82, 2.24) is 29.7 Å². The zero-order valence-electron chi connectivity index (χ0n) is 30.7. The summed E-state index contributed by atoms with van der Waals surface area (Å²) < 4.78 is 37.8. The summed E-state index contributed by atoms with van der Waals surface area (Å²) in [6, 6.07) is 28.0. The molecule has 7 rings (SSSR count). The highest BCUT2D eigenvalue weighted by atomic mass is 31.2. The van der Waals surface area contributed by atoms with Crippen LogP contribution in [0.2, 0.25) is 0 Å². The van der Waals surface area contributed by atoms with Crippen LogP contribution < -0.4 is 25.9 Å². The van der Waals surface area contributed by atoms with Gasteiger partial charge in [0, 0.05) is 19.5 Å². The number of nitrogens with one attached hydrogen (secondary N) is 1. The first-order valence-electron chi connectivity index (χ1n) is 17.7. The summed E-state index contributed by atoms with van der Waals surface area (Å²) in [5.41, 5.74) is 14.0. The summed E-state index contributed by atoms with van der Waals surface area (Å²) in [4.78, 5) is 21.6. The Morgan fingerprint density at radius 1 is 0.945 bits per heavy atom. The number of rotatable bonds is 14. The third-order valence-corrected chi connectivity index (χ3v) is 9.80. The summed E-state index contributed by atoms with van der Waals surface area (Å²) in [5.74, 6) is 1.77. The molecule has 2 aliphatic heterocycles. The number of imidazole rings is 1. The number of aromatic nitrogens is 4. The van der Waals surface area contributed by atoms with Crippen LogP contribution in [-0.2, 0) is 24.5 Å². The van der Waals surface area contributed by atoms with E-state index in [1.54, 1.807) is 20.5 Å². The van der Waals surface area contributed by atoms with Gasteiger partial charge in [0.15, 0.2) is 19.9 Å². The minimum absolute atomic E-state index is 0.171. The number of hydrazine groups is 1. The van der Waals surface area contributed by atoms with Gasteiger partial charge in [-0.3, -0.25) is 10.1 Å². The van der Waals surface area contributed by atoms with Gasteiger partial charge >= 0.3 is 0 Å². The van der Waals surface area contributed by atoms with Crippen LogP contribution in [0.15, 0.2) is 91.5 Å². The Balaban J connectivity index is 0.000000448. The lowest BCUT2D eigenvalue weighted by atomic mass is 9.80. The smallest absolute Gasteiger partial charge is 0.191 e. The summed E-state index contributed by atoms with van der Waals surface area (Å²) in [7, 11) is 1.78. The highest BCUT2D eigenvalue weighted by Crippen LogP contribution is 2.43. The van der Waals surface area contributed by atoms with Crippen molar-refractivity contribution in [1.29, 1.82) is 5.26 Å². The van der Waals surface area contributed by atoms with E-state index in [0.717, 1.165) is 41.3 Å². The minimum Gasteiger partial charge on any atom is -0.497 e. The molecule has 1 unspecified atom stereocenters. The lowest BCUT2D eigenvalue weighted by Crippen LogP contribution is -2.44. The topological polar surface area (TPSA) is 210 Å². The summed E-state index contributed by atoms with van der Waals surface area (Å²) in [6.45, 7) is 3.43. The number of morpholine rings is 1. The van der Waals surface area contributed by atoms with Gasteiger partial charge in [-0.15, -0.1) is 0 Å². The van der Waals surface area contributed by atoms with E-state index >= 15 is 0 Å². The number of hydrogen-bond donors (Lipinski definition) is 4. The molecule has 6 N–H and O–H groups in total. The lowest BCUT2D eigenvalue weighted by molar-refractivity contribution is -0.103. The lowest BCUT2D eigenvalue weighted by Gasteiger charge is -2.37. The Kier molecular flexibility index (Phi) is 13.9. The molecule has 5 aromatic rings. The molecular weight excluding hydrogens is 725 g/mol. The van der Waals surface area contributed by atoms with Gasteiger partial charge in [0.25, 0.3) is 0 Å². The van der Waals surface area contributed by atoms with E-state index in [1.165, 1.54) is 6.33 Å². The molecule has 2 fully saturated rings. The van der Waals surface area contributed by atoms with Gasteiger partial charge in [0.2, 0.25) is 0 Å². The van der Waals surface area contributed by atoms with Crippen molar-refractivity contribution >= 4 is 25.4 Å². The van der Waals surface area contributed by atoms with Gasteiger partial charge in [-0.05, 0) is 41.0 Å². The largest absolute Gasteiger partial charge is 0.497 e. The monoisotopic (exact) mass is 771 g/mol. The second-order valence-corrected chi connectivity index (χ2v) is 13.5. The molecule has 16 nitrogen and oxygen atoms in total. The van der Waals surface area contributed by atoms with Crippen LogP contribution in [0, 0.1) is 11.3 Å². The normalized spacial score (nSPS) is 19.3. The Morgan fingerprint density at radius 2 is 1.58 bits per heavy atom. The molecule has 0 amide bonds. The van der Waals surface area contributed by atoms with Crippen molar-refractivity contribution in [3.63, 3.8) is 0 Å². The number of ether oxygens (including phenoxy) is 6. The number of benzene rings is 3. The number of nitrogen functional groups attached to an aromatic ring is 1. The van der Waals surface area contributed by atoms with Gasteiger partial charge in [-0.1, -0.05) is 54.6 Å². The maximum Gasteiger partial charge on any atom is 0.191 e. The average molecular weight is 772 g/mol. The fourth-order valence-corrected chi connectivity index (χ4v) is 7.11. The predicted molar refractivity (Wildman–Crippen MR) is 205 cm³/mol. The molecule has 55 heavy (non-hydrogen) atoms. The molecule has 0 saturated carbocycles. The quantitative estimate of drug-likeness (QED) is 0.0714. The van der Waals surface area contributed by atoms with Crippen LogP contribution in [0.5, 0.6) is 11.5 Å². The van der Waals surface area contributed by atoms with Crippen LogP contribution in [-0.4, -0.2) is 95.4 Å². The van der Waals surface area contributed by atoms with Crippen molar-refractivity contribution < 1.29 is 33.3 Å². The molecule has 2 aliphatic rings. The molecule has 3 aromatic carbocycles. The van der Waals surface area contributed by atoms with Crippen molar-refractivity contribution in [2.24, 2.45) is 5.50 Å². The Bertz CT molecular complexity index is 1930. The maximum absolute atomic E-state index is 9.17. The van der Waals surface area contributed by atoms with Crippen molar-refractivity contribution in [2.45, 2.75) is 36.9 Å². The Labute approximate surface area is 320 Å². The number of fused-ring (bicyclic) bond motifs is 1. The second-order valence-electron chi connectivity index (χ2n) is 12.6. The molecule has 0 aliphatic carbocycles. The van der Waals surface area contributed by atoms with Crippen LogP contribution >= 0.6 is 8.45 Å². The Hall–Kier alpha value is -4.79. The van der Waals surface area contributed by atoms with E-state index in [9.17, 15) is 5.26 Å². The molecule has 17 heteroatoms. The van der Waals surface area contributed by atoms with Crippen LogP contribution in [0.25, 0.3) is 11.2 Å². The first-order chi connectivity index (χ1) is 26.9. The number of anilines is 1. The van der Waals surface area contributed by atoms with Crippen molar-refractivity contribution in [3.8, 4) is 17.6 Å². The van der Waals surface area contributed by atoms with E-state index in [0.29, 0.717) is 36.6 Å². The van der Waals surface area contributed by atoms with Crippen LogP contribution in [0.4, 0.5) is 5.82 Å². The maximum atomic E-state index is 9.17. The Morgan fingerprint density at radius 3 is 2.18 bits per heavy atom. The van der Waals surface area contributed by atoms with Gasteiger partial charge in [0.05, 0.1) is 65.6 Å². The molecule has 0 spiro atoms. The third kappa shape index (κ3) is 9.54. The van der Waals surface area contributed by atoms with Crippen molar-refractivity contribution in [3.05, 3.63) is 108 Å². The summed E-state index contributed by atoms with van der Waals surface area (Å²) in [6.07, 6.45) is 2.53. The van der Waals surface area contributed by atoms with Crippen molar-refractivity contribution in [2.75, 3.05) is 59.5 Å². The molecule has 4 heterocycles. The van der Waals surface area contributed by atoms with Gasteiger partial charge in [0.1, 0.15) is 41.3 Å². The minimum atomic E-state index is -1.50. The molecular formula is C38H46N9O7P. The van der Waals surface area contributed by atoms with E-state index in [-0.39, 0.29) is 25.7 Å². The number of hydrogen-bond acceptors (Lipinski definition) is 15. The number of methoxy groups -OCH3 is 2. The van der Waals surface area contributed by atoms with E-state index in [2.05, 4.69) is 38.4 Å². The van der Waals surface area contributed by atoms with E-state index < -0.39 is 26.4 Å². The molecule has 290 valence electrons. The molecule has 0 bridgehead atoms.